The molecule has 0 nitrogen and oxygen atoms in total. The first-order chi connectivity index (χ1) is 6.86. The van der Waals surface area contributed by atoms with E-state index >= 15 is 0 Å². The van der Waals surface area contributed by atoms with Crippen molar-refractivity contribution in [1.29, 1.82) is 0 Å². The zero-order valence-corrected chi connectivity index (χ0v) is 9.77. The molecule has 1 heterocycles. The van der Waals surface area contributed by atoms with Crippen molar-refractivity contribution in [2.24, 2.45) is 0 Å². The maximum absolute atomic E-state index is 2.17. The average Bonchev–Trinajstić information content (AvgIpc) is 2.75. The Kier molecular flexibility index (Phi) is 4.41. The minimum Gasteiger partial charge on any atom is -0.144 e. The highest BCUT2D eigenvalue weighted by atomic mass is 32.1. The van der Waals surface area contributed by atoms with Gasteiger partial charge in [-0.15, -0.1) is 11.3 Å². The Morgan fingerprint density at radius 3 is 2.07 bits per heavy atom. The van der Waals surface area contributed by atoms with Crippen molar-refractivity contribution >= 4 is 11.3 Å². The Labute approximate surface area is 90.2 Å². The highest BCUT2D eigenvalue weighted by Gasteiger charge is 1.95. The number of thiophene rings is 1. The zero-order chi connectivity index (χ0) is 10.4. The Hall–Kier alpha value is -1.08. The summed E-state index contributed by atoms with van der Waals surface area (Å²) in [5, 5.41) is 2.11. The maximum Gasteiger partial charge on any atom is 0.0342 e. The molecular weight excluding hydrogens is 188 g/mol. The Bertz CT molecular complexity index is 343. The lowest BCUT2D eigenvalue weighted by Gasteiger charge is -1.96. The van der Waals surface area contributed by atoms with Crippen LogP contribution in [0.4, 0.5) is 0 Å². The third-order valence-corrected chi connectivity index (χ3v) is 2.78. The van der Waals surface area contributed by atoms with E-state index in [0.29, 0.717) is 0 Å². The molecule has 0 saturated carbocycles. The van der Waals surface area contributed by atoms with Crippen LogP contribution in [0.25, 0.3) is 10.4 Å². The molecule has 0 radical (unpaired) electrons. The van der Waals surface area contributed by atoms with Gasteiger partial charge in [-0.3, -0.25) is 0 Å². The van der Waals surface area contributed by atoms with Gasteiger partial charge in [0, 0.05) is 4.88 Å². The molecule has 1 heteroatoms. The predicted molar refractivity (Wildman–Crippen MR) is 65.8 cm³/mol. The van der Waals surface area contributed by atoms with Gasteiger partial charge < -0.3 is 0 Å². The van der Waals surface area contributed by atoms with E-state index in [4.69, 9.17) is 0 Å². The third-order valence-electron chi connectivity index (χ3n) is 1.86. The largest absolute Gasteiger partial charge is 0.144 e. The molecule has 2 aromatic rings. The van der Waals surface area contributed by atoms with Crippen LogP contribution in [0.15, 0.2) is 41.8 Å². The van der Waals surface area contributed by atoms with Crippen molar-refractivity contribution in [3.8, 4) is 10.4 Å². The van der Waals surface area contributed by atoms with Crippen molar-refractivity contribution in [1.82, 2.24) is 0 Å². The summed E-state index contributed by atoms with van der Waals surface area (Å²) in [5.74, 6) is 0. The summed E-state index contributed by atoms with van der Waals surface area (Å²) in [6.45, 7) is 6.11. The van der Waals surface area contributed by atoms with Gasteiger partial charge in [-0.25, -0.2) is 0 Å². The van der Waals surface area contributed by atoms with Crippen molar-refractivity contribution in [2.75, 3.05) is 0 Å². The third kappa shape index (κ3) is 2.71. The van der Waals surface area contributed by atoms with Crippen LogP contribution in [0.1, 0.15) is 19.4 Å². The smallest absolute Gasteiger partial charge is 0.0342 e. The summed E-state index contributed by atoms with van der Waals surface area (Å²) in [6.07, 6.45) is 0. The second-order valence-electron chi connectivity index (χ2n) is 2.84. The summed E-state index contributed by atoms with van der Waals surface area (Å²) in [7, 11) is 0. The van der Waals surface area contributed by atoms with Crippen molar-refractivity contribution < 1.29 is 0 Å². The van der Waals surface area contributed by atoms with Crippen molar-refractivity contribution in [3.63, 3.8) is 0 Å². The average molecular weight is 204 g/mol. The van der Waals surface area contributed by atoms with E-state index in [-0.39, 0.29) is 0 Å². The minimum absolute atomic E-state index is 1.32. The second-order valence-corrected chi connectivity index (χ2v) is 3.79. The first-order valence-electron chi connectivity index (χ1n) is 4.97. The molecule has 0 aliphatic carbocycles. The lowest BCUT2D eigenvalue weighted by Crippen LogP contribution is -1.72. The fraction of sp³-hybridized carbons (Fsp3) is 0.231. The van der Waals surface area contributed by atoms with Crippen LogP contribution in [0, 0.1) is 6.92 Å². The molecular formula is C13H16S. The van der Waals surface area contributed by atoms with Gasteiger partial charge in [-0.05, 0) is 23.9 Å². The topological polar surface area (TPSA) is 0 Å². The summed E-state index contributed by atoms with van der Waals surface area (Å²) >= 11 is 1.78. The number of hydrogen-bond donors (Lipinski definition) is 0. The van der Waals surface area contributed by atoms with Crippen LogP contribution in [0.3, 0.4) is 0 Å². The molecule has 0 amide bonds. The van der Waals surface area contributed by atoms with E-state index < -0.39 is 0 Å². The maximum atomic E-state index is 2.17. The number of aryl methyl sites for hydroxylation is 1. The highest BCUT2D eigenvalue weighted by Crippen LogP contribution is 2.24. The van der Waals surface area contributed by atoms with Gasteiger partial charge in [0.25, 0.3) is 0 Å². The molecule has 0 saturated heterocycles. The summed E-state index contributed by atoms with van der Waals surface area (Å²) in [4.78, 5) is 1.34. The van der Waals surface area contributed by atoms with Crippen LogP contribution < -0.4 is 0 Å². The summed E-state index contributed by atoms with van der Waals surface area (Å²) < 4.78 is 0. The van der Waals surface area contributed by atoms with E-state index in [0.717, 1.165) is 0 Å². The monoisotopic (exact) mass is 204 g/mol. The standard InChI is InChI=1S/C11H10S.C2H6/c1-9-4-6-10(7-5-9)11-3-2-8-12-11;1-2/h2-8H,1H3;1-2H3. The SMILES string of the molecule is CC.Cc1ccc(-c2cccs2)cc1. The van der Waals surface area contributed by atoms with Crippen LogP contribution in [0.5, 0.6) is 0 Å². The van der Waals surface area contributed by atoms with Crippen LogP contribution in [-0.2, 0) is 0 Å². The number of rotatable bonds is 1. The van der Waals surface area contributed by atoms with Gasteiger partial charge in [0.1, 0.15) is 0 Å². The second kappa shape index (κ2) is 5.61. The van der Waals surface area contributed by atoms with Crippen LogP contribution in [-0.4, -0.2) is 0 Å². The van der Waals surface area contributed by atoms with Gasteiger partial charge in [-0.2, -0.15) is 0 Å². The van der Waals surface area contributed by atoms with Gasteiger partial charge in [0.2, 0.25) is 0 Å². The van der Waals surface area contributed by atoms with Crippen molar-refractivity contribution in [3.05, 3.63) is 47.3 Å². The van der Waals surface area contributed by atoms with E-state index in [1.807, 2.05) is 13.8 Å². The first kappa shape index (κ1) is 11.0. The minimum atomic E-state index is 1.32. The van der Waals surface area contributed by atoms with Gasteiger partial charge in [0.05, 0.1) is 0 Å². The Balaban J connectivity index is 0.000000461. The van der Waals surface area contributed by atoms with Crippen LogP contribution >= 0.6 is 11.3 Å². The van der Waals surface area contributed by atoms with Gasteiger partial charge >= 0.3 is 0 Å². The quantitative estimate of drug-likeness (QED) is 0.629. The van der Waals surface area contributed by atoms with E-state index in [1.165, 1.54) is 16.0 Å². The molecule has 0 fully saturated rings. The molecule has 0 atom stereocenters. The van der Waals surface area contributed by atoms with Gasteiger partial charge in [0.15, 0.2) is 0 Å². The molecule has 0 aliphatic heterocycles. The van der Waals surface area contributed by atoms with Crippen LogP contribution in [0.2, 0.25) is 0 Å². The fourth-order valence-electron chi connectivity index (χ4n) is 1.16. The van der Waals surface area contributed by atoms with E-state index in [1.54, 1.807) is 11.3 Å². The predicted octanol–water partition coefficient (Wildman–Crippen LogP) is 4.75. The molecule has 0 spiro atoms. The van der Waals surface area contributed by atoms with Crippen molar-refractivity contribution in [2.45, 2.75) is 20.8 Å². The molecule has 0 bridgehead atoms. The summed E-state index contributed by atoms with van der Waals surface area (Å²) in [6, 6.07) is 12.9. The Morgan fingerprint density at radius 1 is 0.929 bits per heavy atom. The molecule has 14 heavy (non-hydrogen) atoms. The molecule has 0 unspecified atom stereocenters. The molecule has 0 aliphatic rings. The normalized spacial score (nSPS) is 9.07. The number of hydrogen-bond acceptors (Lipinski definition) is 1. The fourth-order valence-corrected chi connectivity index (χ4v) is 1.89. The van der Waals surface area contributed by atoms with Gasteiger partial charge in [-0.1, -0.05) is 49.7 Å². The molecule has 74 valence electrons. The molecule has 1 aromatic carbocycles. The highest BCUT2D eigenvalue weighted by molar-refractivity contribution is 7.13. The molecule has 1 aromatic heterocycles. The zero-order valence-electron chi connectivity index (χ0n) is 8.95. The lowest BCUT2D eigenvalue weighted by atomic mass is 10.1. The van der Waals surface area contributed by atoms with E-state index in [2.05, 4.69) is 48.7 Å². The molecule has 2 rings (SSSR count). The first-order valence-corrected chi connectivity index (χ1v) is 5.85. The molecule has 0 N–H and O–H groups in total. The summed E-state index contributed by atoms with van der Waals surface area (Å²) in [5.41, 5.74) is 2.63. The Morgan fingerprint density at radius 2 is 1.57 bits per heavy atom. The number of benzene rings is 1. The van der Waals surface area contributed by atoms with E-state index in [9.17, 15) is 0 Å². The lowest BCUT2D eigenvalue weighted by molar-refractivity contribution is 1.48.